The van der Waals surface area contributed by atoms with Gasteiger partial charge in [-0.2, -0.15) is 13.2 Å². The molecule has 3 rings (SSSR count). The van der Waals surface area contributed by atoms with Crippen LogP contribution in [0, 0.1) is 0 Å². The predicted octanol–water partition coefficient (Wildman–Crippen LogP) is 3.71. The fourth-order valence-electron chi connectivity index (χ4n) is 1.81. The van der Waals surface area contributed by atoms with E-state index in [0.717, 1.165) is 17.8 Å². The molecule has 0 aliphatic carbocycles. The Morgan fingerprint density at radius 1 is 0.800 bits per heavy atom. The molecule has 0 fully saturated rings. The van der Waals surface area contributed by atoms with Gasteiger partial charge in [0.2, 0.25) is 0 Å². The van der Waals surface area contributed by atoms with E-state index in [1.165, 1.54) is 12.3 Å². The number of pyridine rings is 1. The molecule has 0 atom stereocenters. The van der Waals surface area contributed by atoms with Crippen LogP contribution in [0.3, 0.4) is 0 Å². The van der Waals surface area contributed by atoms with Crippen LogP contribution in [0.5, 0.6) is 0 Å². The Kier molecular flexibility index (Phi) is 2.85. The summed E-state index contributed by atoms with van der Waals surface area (Å²) >= 11 is 0. The minimum atomic E-state index is -4.44. The highest BCUT2D eigenvalue weighted by Crippen LogP contribution is 2.28. The molecule has 0 aliphatic heterocycles. The third-order valence-corrected chi connectivity index (χ3v) is 2.80. The number of hydrogen-bond donors (Lipinski definition) is 0. The number of nitrogens with zero attached hydrogens (tertiary/aromatic N) is 3. The fourth-order valence-corrected chi connectivity index (χ4v) is 1.81. The van der Waals surface area contributed by atoms with Gasteiger partial charge >= 0.3 is 6.18 Å². The monoisotopic (exact) mass is 275 g/mol. The maximum Gasteiger partial charge on any atom is 0.433 e. The first-order chi connectivity index (χ1) is 9.54. The van der Waals surface area contributed by atoms with Crippen molar-refractivity contribution >= 4 is 11.0 Å². The second kappa shape index (κ2) is 4.56. The molecule has 1 aromatic carbocycles. The number of para-hydroxylation sites is 2. The van der Waals surface area contributed by atoms with Gasteiger partial charge in [0.25, 0.3) is 0 Å². The summed E-state index contributed by atoms with van der Waals surface area (Å²) in [6, 6.07) is 9.56. The Balaban J connectivity index is 2.02. The number of benzene rings is 1. The number of alkyl halides is 3. The van der Waals surface area contributed by atoms with Crippen molar-refractivity contribution in [2.45, 2.75) is 6.18 Å². The van der Waals surface area contributed by atoms with E-state index >= 15 is 0 Å². The van der Waals surface area contributed by atoms with Gasteiger partial charge in [-0.25, -0.2) is 4.98 Å². The summed E-state index contributed by atoms with van der Waals surface area (Å²) in [7, 11) is 0. The van der Waals surface area contributed by atoms with Crippen molar-refractivity contribution in [2.75, 3.05) is 0 Å². The van der Waals surface area contributed by atoms with Crippen LogP contribution in [0.2, 0.25) is 0 Å². The van der Waals surface area contributed by atoms with E-state index < -0.39 is 11.9 Å². The second-order valence-electron chi connectivity index (χ2n) is 4.17. The van der Waals surface area contributed by atoms with E-state index in [9.17, 15) is 13.2 Å². The summed E-state index contributed by atoms with van der Waals surface area (Å²) < 4.78 is 37.3. The van der Waals surface area contributed by atoms with Crippen molar-refractivity contribution in [3.05, 3.63) is 54.5 Å². The van der Waals surface area contributed by atoms with Crippen LogP contribution in [-0.2, 0) is 6.18 Å². The Bertz CT molecular complexity index is 751. The van der Waals surface area contributed by atoms with Gasteiger partial charge < -0.3 is 0 Å². The van der Waals surface area contributed by atoms with Gasteiger partial charge in [0.1, 0.15) is 5.69 Å². The third-order valence-electron chi connectivity index (χ3n) is 2.80. The van der Waals surface area contributed by atoms with E-state index in [1.54, 1.807) is 6.07 Å². The maximum atomic E-state index is 12.4. The van der Waals surface area contributed by atoms with E-state index in [0.29, 0.717) is 16.8 Å². The van der Waals surface area contributed by atoms with E-state index in [1.807, 2.05) is 18.2 Å². The number of aromatic nitrogens is 3. The smallest absolute Gasteiger partial charge is 0.252 e. The maximum absolute atomic E-state index is 12.4. The molecule has 20 heavy (non-hydrogen) atoms. The molecule has 2 heterocycles. The number of halogens is 3. The van der Waals surface area contributed by atoms with Crippen LogP contribution in [0.1, 0.15) is 5.69 Å². The van der Waals surface area contributed by atoms with Gasteiger partial charge in [-0.05, 0) is 24.3 Å². The van der Waals surface area contributed by atoms with Crippen molar-refractivity contribution in [3.8, 4) is 11.3 Å². The minimum absolute atomic E-state index is 0.491. The van der Waals surface area contributed by atoms with Gasteiger partial charge in [-0.1, -0.05) is 12.1 Å². The van der Waals surface area contributed by atoms with Crippen molar-refractivity contribution < 1.29 is 13.2 Å². The summed E-state index contributed by atoms with van der Waals surface area (Å²) in [5.74, 6) is 0. The SMILES string of the molecule is FC(F)(F)c1ccc(-c2cnc3ccccc3n2)cn1. The van der Waals surface area contributed by atoms with Crippen LogP contribution in [0.4, 0.5) is 13.2 Å². The van der Waals surface area contributed by atoms with Gasteiger partial charge in [-0.15, -0.1) is 0 Å². The molecule has 0 spiro atoms. The molecule has 0 aliphatic rings. The summed E-state index contributed by atoms with van der Waals surface area (Å²) in [4.78, 5) is 12.0. The van der Waals surface area contributed by atoms with Crippen LogP contribution < -0.4 is 0 Å². The van der Waals surface area contributed by atoms with Crippen LogP contribution >= 0.6 is 0 Å². The van der Waals surface area contributed by atoms with Gasteiger partial charge in [0, 0.05) is 11.8 Å². The molecule has 0 N–H and O–H groups in total. The molecule has 0 bridgehead atoms. The molecule has 100 valence electrons. The summed E-state index contributed by atoms with van der Waals surface area (Å²) in [5.41, 5.74) is 1.48. The van der Waals surface area contributed by atoms with Gasteiger partial charge in [0.15, 0.2) is 0 Å². The summed E-state index contributed by atoms with van der Waals surface area (Å²) in [6.45, 7) is 0. The zero-order valence-electron chi connectivity index (χ0n) is 10.1. The molecule has 3 aromatic rings. The van der Waals surface area contributed by atoms with Gasteiger partial charge in [-0.3, -0.25) is 9.97 Å². The lowest BCUT2D eigenvalue weighted by atomic mass is 10.2. The molecule has 3 nitrogen and oxygen atoms in total. The fraction of sp³-hybridized carbons (Fsp3) is 0.0714. The normalized spacial score (nSPS) is 11.8. The lowest BCUT2D eigenvalue weighted by molar-refractivity contribution is -0.141. The van der Waals surface area contributed by atoms with Crippen molar-refractivity contribution in [3.63, 3.8) is 0 Å². The lowest BCUT2D eigenvalue weighted by Crippen LogP contribution is -2.07. The zero-order valence-corrected chi connectivity index (χ0v) is 10.1. The highest BCUT2D eigenvalue weighted by atomic mass is 19.4. The minimum Gasteiger partial charge on any atom is -0.252 e. The first kappa shape index (κ1) is 12.5. The average molecular weight is 275 g/mol. The largest absolute Gasteiger partial charge is 0.433 e. The molecular weight excluding hydrogens is 267 g/mol. The van der Waals surface area contributed by atoms with Crippen molar-refractivity contribution in [1.82, 2.24) is 15.0 Å². The molecule has 6 heteroatoms. The Morgan fingerprint density at radius 2 is 1.55 bits per heavy atom. The average Bonchev–Trinajstić information content (AvgIpc) is 2.46. The molecule has 0 saturated heterocycles. The topological polar surface area (TPSA) is 38.7 Å². The summed E-state index contributed by atoms with van der Waals surface area (Å²) in [6.07, 6.45) is -1.76. The van der Waals surface area contributed by atoms with Crippen molar-refractivity contribution in [1.29, 1.82) is 0 Å². The zero-order chi connectivity index (χ0) is 14.2. The quantitative estimate of drug-likeness (QED) is 0.679. The molecule has 0 radical (unpaired) electrons. The Morgan fingerprint density at radius 3 is 2.20 bits per heavy atom. The van der Waals surface area contributed by atoms with E-state index in [-0.39, 0.29) is 0 Å². The predicted molar refractivity (Wildman–Crippen MR) is 67.8 cm³/mol. The first-order valence-corrected chi connectivity index (χ1v) is 5.79. The standard InChI is InChI=1S/C14H8F3N3/c15-14(16,17)13-6-5-9(7-19-13)12-8-18-10-3-1-2-4-11(10)20-12/h1-8H. The van der Waals surface area contributed by atoms with E-state index in [2.05, 4.69) is 15.0 Å². The van der Waals surface area contributed by atoms with Gasteiger partial charge in [0.05, 0.1) is 22.9 Å². The third kappa shape index (κ3) is 2.32. The first-order valence-electron chi connectivity index (χ1n) is 5.79. The van der Waals surface area contributed by atoms with E-state index in [4.69, 9.17) is 0 Å². The highest BCUT2D eigenvalue weighted by Gasteiger charge is 2.32. The molecule has 0 unspecified atom stereocenters. The Labute approximate surface area is 112 Å². The van der Waals surface area contributed by atoms with Crippen LogP contribution in [0.25, 0.3) is 22.3 Å². The molecular formula is C14H8F3N3. The number of rotatable bonds is 1. The highest BCUT2D eigenvalue weighted by molar-refractivity contribution is 5.76. The molecule has 0 amide bonds. The molecule has 2 aromatic heterocycles. The lowest BCUT2D eigenvalue weighted by Gasteiger charge is -2.06. The van der Waals surface area contributed by atoms with Crippen LogP contribution in [0.15, 0.2) is 48.8 Å². The van der Waals surface area contributed by atoms with Crippen molar-refractivity contribution in [2.24, 2.45) is 0 Å². The molecule has 0 saturated carbocycles. The number of hydrogen-bond acceptors (Lipinski definition) is 3. The van der Waals surface area contributed by atoms with Crippen LogP contribution in [-0.4, -0.2) is 15.0 Å². The number of fused-ring (bicyclic) bond motifs is 1. The summed E-state index contributed by atoms with van der Waals surface area (Å²) in [5, 5.41) is 0. The second-order valence-corrected chi connectivity index (χ2v) is 4.17. The Hall–Kier alpha value is -2.50.